The number of ether oxygens (including phenoxy) is 2. The summed E-state index contributed by atoms with van der Waals surface area (Å²) in [5.74, 6) is 1.29. The van der Waals surface area contributed by atoms with Gasteiger partial charge in [0.1, 0.15) is 5.65 Å². The Morgan fingerprint density at radius 1 is 0.929 bits per heavy atom. The lowest BCUT2D eigenvalue weighted by Gasteiger charge is -2.09. The maximum atomic E-state index is 12.4. The number of hydrogen-bond acceptors (Lipinski definition) is 4. The number of nitrogens with zero attached hydrogens (tertiary/aromatic N) is 2. The van der Waals surface area contributed by atoms with Gasteiger partial charge in [-0.3, -0.25) is 0 Å². The van der Waals surface area contributed by atoms with Gasteiger partial charge in [0.25, 0.3) is 0 Å². The number of carbonyl (C=O) groups excluding carboxylic acids is 1. The Morgan fingerprint density at radius 3 is 2.68 bits per heavy atom. The summed E-state index contributed by atoms with van der Waals surface area (Å²) in [7, 11) is 0. The van der Waals surface area contributed by atoms with E-state index in [-0.39, 0.29) is 12.8 Å². The Hall–Kier alpha value is -4.00. The molecule has 2 aromatic heterocycles. The average molecular weight is 372 g/mol. The predicted octanol–water partition coefficient (Wildman–Crippen LogP) is 4.37. The summed E-state index contributed by atoms with van der Waals surface area (Å²) in [4.78, 5) is 17.0. The molecule has 0 bridgehead atoms. The number of anilines is 2. The van der Waals surface area contributed by atoms with Gasteiger partial charge in [-0.2, -0.15) is 0 Å². The van der Waals surface area contributed by atoms with Gasteiger partial charge in [-0.25, -0.2) is 9.78 Å². The van der Waals surface area contributed by atoms with Crippen molar-refractivity contribution in [2.75, 3.05) is 17.4 Å². The molecule has 7 nitrogen and oxygen atoms in total. The maximum Gasteiger partial charge on any atom is 0.323 e. The average Bonchev–Trinajstić information content (AvgIpc) is 3.34. The number of pyridine rings is 1. The highest BCUT2D eigenvalue weighted by Gasteiger charge is 2.14. The molecule has 28 heavy (non-hydrogen) atoms. The molecule has 0 unspecified atom stereocenters. The molecule has 2 N–H and O–H groups in total. The first-order valence-corrected chi connectivity index (χ1v) is 8.76. The third-order valence-corrected chi connectivity index (χ3v) is 4.41. The van der Waals surface area contributed by atoms with Crippen LogP contribution in [0.25, 0.3) is 16.9 Å². The number of fused-ring (bicyclic) bond motifs is 2. The molecular weight excluding hydrogens is 356 g/mol. The highest BCUT2D eigenvalue weighted by atomic mass is 16.7. The molecule has 7 heteroatoms. The summed E-state index contributed by atoms with van der Waals surface area (Å²) >= 11 is 0. The largest absolute Gasteiger partial charge is 0.454 e. The third-order valence-electron chi connectivity index (χ3n) is 4.41. The van der Waals surface area contributed by atoms with E-state index < -0.39 is 0 Å². The van der Waals surface area contributed by atoms with Crippen molar-refractivity contribution in [1.29, 1.82) is 0 Å². The van der Waals surface area contributed by atoms with E-state index in [9.17, 15) is 4.79 Å². The zero-order valence-corrected chi connectivity index (χ0v) is 14.8. The lowest BCUT2D eigenvalue weighted by molar-refractivity contribution is 0.174. The SMILES string of the molecule is O=C(Nc1cccc(-c2cn3ccccc3n2)c1)Nc1ccc2c(c1)OCO2. The molecule has 0 atom stereocenters. The lowest BCUT2D eigenvalue weighted by atomic mass is 10.1. The number of imidazole rings is 1. The van der Waals surface area contributed by atoms with Gasteiger partial charge in [0.05, 0.1) is 5.69 Å². The van der Waals surface area contributed by atoms with Gasteiger partial charge in [-0.15, -0.1) is 0 Å². The quantitative estimate of drug-likeness (QED) is 0.560. The van der Waals surface area contributed by atoms with E-state index in [0.29, 0.717) is 22.9 Å². The van der Waals surface area contributed by atoms with Crippen molar-refractivity contribution >= 4 is 23.1 Å². The lowest BCUT2D eigenvalue weighted by Crippen LogP contribution is -2.19. The van der Waals surface area contributed by atoms with E-state index in [1.807, 2.05) is 59.3 Å². The minimum atomic E-state index is -0.342. The Bertz CT molecular complexity index is 1150. The van der Waals surface area contributed by atoms with Crippen molar-refractivity contribution in [2.24, 2.45) is 0 Å². The first kappa shape index (κ1) is 16.2. The van der Waals surface area contributed by atoms with Gasteiger partial charge in [0.2, 0.25) is 6.79 Å². The minimum absolute atomic E-state index is 0.195. The van der Waals surface area contributed by atoms with Crippen LogP contribution in [0.4, 0.5) is 16.2 Å². The number of aromatic nitrogens is 2. The normalized spacial score (nSPS) is 12.1. The number of amides is 2. The minimum Gasteiger partial charge on any atom is -0.454 e. The van der Waals surface area contributed by atoms with Crippen molar-refractivity contribution in [3.63, 3.8) is 0 Å². The Morgan fingerprint density at radius 2 is 1.79 bits per heavy atom. The molecule has 4 aromatic rings. The molecule has 1 aliphatic rings. The predicted molar refractivity (Wildman–Crippen MR) is 106 cm³/mol. The van der Waals surface area contributed by atoms with Crippen molar-refractivity contribution in [3.05, 3.63) is 73.1 Å². The molecule has 5 rings (SSSR count). The van der Waals surface area contributed by atoms with E-state index in [1.54, 1.807) is 18.2 Å². The fraction of sp³-hybridized carbons (Fsp3) is 0.0476. The van der Waals surface area contributed by atoms with Crippen LogP contribution in [0.3, 0.4) is 0 Å². The second-order valence-electron chi connectivity index (χ2n) is 6.32. The highest BCUT2D eigenvalue weighted by Crippen LogP contribution is 2.34. The van der Waals surface area contributed by atoms with Gasteiger partial charge in [-0.1, -0.05) is 18.2 Å². The van der Waals surface area contributed by atoms with Crippen LogP contribution >= 0.6 is 0 Å². The molecular formula is C21H16N4O3. The molecule has 0 radical (unpaired) electrons. The smallest absolute Gasteiger partial charge is 0.323 e. The second kappa shape index (κ2) is 6.62. The second-order valence-corrected chi connectivity index (χ2v) is 6.32. The molecule has 0 fully saturated rings. The van der Waals surface area contributed by atoms with Crippen molar-refractivity contribution in [2.45, 2.75) is 0 Å². The van der Waals surface area contributed by atoms with Crippen LogP contribution in [-0.4, -0.2) is 22.2 Å². The van der Waals surface area contributed by atoms with E-state index in [4.69, 9.17) is 9.47 Å². The van der Waals surface area contributed by atoms with Crippen LogP contribution in [0.15, 0.2) is 73.1 Å². The number of hydrogen-bond donors (Lipinski definition) is 2. The highest BCUT2D eigenvalue weighted by molar-refractivity contribution is 6.00. The molecule has 1 aliphatic heterocycles. The van der Waals surface area contributed by atoms with Gasteiger partial charge in [0.15, 0.2) is 11.5 Å². The molecule has 0 spiro atoms. The van der Waals surface area contributed by atoms with Crippen molar-refractivity contribution < 1.29 is 14.3 Å². The van der Waals surface area contributed by atoms with Crippen molar-refractivity contribution in [3.8, 4) is 22.8 Å². The number of nitrogens with one attached hydrogen (secondary N) is 2. The number of benzene rings is 2. The third kappa shape index (κ3) is 3.09. The van der Waals surface area contributed by atoms with E-state index >= 15 is 0 Å². The summed E-state index contributed by atoms with van der Waals surface area (Å²) in [6.07, 6.45) is 3.91. The summed E-state index contributed by atoms with van der Waals surface area (Å²) in [6.45, 7) is 0.195. The van der Waals surface area contributed by atoms with Crippen LogP contribution in [0.2, 0.25) is 0 Å². The molecule has 2 amide bonds. The number of carbonyl (C=O) groups is 1. The van der Waals surface area contributed by atoms with Crippen LogP contribution in [0.5, 0.6) is 11.5 Å². The van der Waals surface area contributed by atoms with Gasteiger partial charge < -0.3 is 24.5 Å². The summed E-state index contributed by atoms with van der Waals surface area (Å²) in [5.41, 5.74) is 3.93. The van der Waals surface area contributed by atoms with E-state index in [2.05, 4.69) is 15.6 Å². The Balaban J connectivity index is 1.32. The van der Waals surface area contributed by atoms with E-state index in [0.717, 1.165) is 16.9 Å². The molecule has 2 aromatic carbocycles. The van der Waals surface area contributed by atoms with Crippen LogP contribution < -0.4 is 20.1 Å². The Kier molecular flexibility index (Phi) is 3.83. The van der Waals surface area contributed by atoms with Crippen LogP contribution in [0, 0.1) is 0 Å². The van der Waals surface area contributed by atoms with Gasteiger partial charge >= 0.3 is 6.03 Å². The first-order valence-electron chi connectivity index (χ1n) is 8.76. The topological polar surface area (TPSA) is 76.9 Å². The zero-order chi connectivity index (χ0) is 18.9. The molecule has 0 saturated carbocycles. The molecule has 0 aliphatic carbocycles. The summed E-state index contributed by atoms with van der Waals surface area (Å²) < 4.78 is 12.6. The molecule has 138 valence electrons. The Labute approximate surface area is 160 Å². The standard InChI is InChI=1S/C21H16N4O3/c26-21(23-16-7-8-18-19(11-16)28-13-27-18)22-15-5-3-4-14(10-15)17-12-25-9-2-1-6-20(25)24-17/h1-12H,13H2,(H2,22,23,26). The van der Waals surface area contributed by atoms with E-state index in [1.165, 1.54) is 0 Å². The monoisotopic (exact) mass is 372 g/mol. The van der Waals surface area contributed by atoms with Crippen LogP contribution in [-0.2, 0) is 0 Å². The fourth-order valence-corrected chi connectivity index (χ4v) is 3.10. The first-order chi connectivity index (χ1) is 13.7. The maximum absolute atomic E-state index is 12.4. The summed E-state index contributed by atoms with van der Waals surface area (Å²) in [5, 5.41) is 5.64. The van der Waals surface area contributed by atoms with Crippen molar-refractivity contribution in [1.82, 2.24) is 9.38 Å². The number of rotatable bonds is 3. The van der Waals surface area contributed by atoms with Gasteiger partial charge in [-0.05, 0) is 36.4 Å². The van der Waals surface area contributed by atoms with Gasteiger partial charge in [0, 0.05) is 35.4 Å². The molecule has 3 heterocycles. The fourth-order valence-electron chi connectivity index (χ4n) is 3.10. The molecule has 0 saturated heterocycles. The summed E-state index contributed by atoms with van der Waals surface area (Å²) in [6, 6.07) is 18.3. The zero-order valence-electron chi connectivity index (χ0n) is 14.8. The number of urea groups is 1. The van der Waals surface area contributed by atoms with Crippen LogP contribution in [0.1, 0.15) is 0 Å².